The van der Waals surface area contributed by atoms with Gasteiger partial charge in [0.2, 0.25) is 0 Å². The molecule has 0 fully saturated rings. The van der Waals surface area contributed by atoms with Crippen LogP contribution in [0, 0.1) is 0 Å². The van der Waals surface area contributed by atoms with E-state index in [0.29, 0.717) is 0 Å². The molecular formula is C14H29BN2O5. The summed E-state index contributed by atoms with van der Waals surface area (Å²) in [6.45, 7) is 6.40. The first-order chi connectivity index (χ1) is 10.3. The van der Waals surface area contributed by atoms with Crippen LogP contribution in [0.1, 0.15) is 27.7 Å². The molecule has 0 amide bonds. The van der Waals surface area contributed by atoms with Crippen molar-refractivity contribution in [2.24, 2.45) is 5.73 Å². The fourth-order valence-electron chi connectivity index (χ4n) is 0.800. The highest BCUT2D eigenvalue weighted by atomic mass is 16.4. The number of rotatable bonds is 5. The highest BCUT2D eigenvalue weighted by Gasteiger charge is 2.04. The first-order valence-electron chi connectivity index (χ1n) is 6.59. The maximum absolute atomic E-state index is 10.7. The summed E-state index contributed by atoms with van der Waals surface area (Å²) < 4.78 is 0. The van der Waals surface area contributed by atoms with Crippen molar-refractivity contribution in [2.45, 2.75) is 33.7 Å². The minimum absolute atomic E-state index is 0.102. The van der Waals surface area contributed by atoms with E-state index in [2.05, 4.69) is 11.1 Å². The smallest absolute Gasteiger partial charge is 0.424 e. The van der Waals surface area contributed by atoms with Crippen LogP contribution in [-0.4, -0.2) is 55.2 Å². The summed E-state index contributed by atoms with van der Waals surface area (Å²) >= 11 is 0. The number of Topliss-reactive ketones (excluding diaryl/α,β-unsaturated/α-hetero) is 2. The van der Waals surface area contributed by atoms with E-state index in [1.807, 2.05) is 19.1 Å². The molecular weight excluding hydrogens is 287 g/mol. The van der Waals surface area contributed by atoms with Gasteiger partial charge in [0, 0.05) is 6.92 Å². The van der Waals surface area contributed by atoms with Gasteiger partial charge in [0.1, 0.15) is 0 Å². The number of nitrogens with two attached hydrogens (primary N) is 1. The molecule has 0 aliphatic rings. The molecule has 1 atom stereocenters. The molecule has 7 nitrogen and oxygen atoms in total. The molecule has 0 heterocycles. The number of allylic oxidation sites excluding steroid dienone is 2. The molecule has 128 valence electrons. The quantitative estimate of drug-likeness (QED) is 0.236. The van der Waals surface area contributed by atoms with Crippen molar-refractivity contribution >= 4 is 25.0 Å². The van der Waals surface area contributed by atoms with Crippen LogP contribution >= 0.6 is 0 Å². The number of likely N-dealkylation sites (N-methyl/N-ethyl adjacent to an activating group) is 1. The fraction of sp³-hybridized carbons (Fsp3) is 0.500. The topological polar surface area (TPSA) is 130 Å². The molecule has 0 bridgehead atoms. The zero-order valence-corrected chi connectivity index (χ0v) is 14.2. The summed E-state index contributed by atoms with van der Waals surface area (Å²) in [5.74, 6) is 1.00. The predicted octanol–water partition coefficient (Wildman–Crippen LogP) is -0.337. The van der Waals surface area contributed by atoms with Crippen molar-refractivity contribution in [3.63, 3.8) is 0 Å². The molecule has 1 unspecified atom stereocenters. The maximum atomic E-state index is 10.7. The second-order valence-electron chi connectivity index (χ2n) is 3.57. The van der Waals surface area contributed by atoms with Crippen LogP contribution in [0.3, 0.4) is 0 Å². The van der Waals surface area contributed by atoms with E-state index in [4.69, 9.17) is 14.8 Å². The highest BCUT2D eigenvalue weighted by molar-refractivity contribution is 6.47. The maximum Gasteiger partial charge on any atom is 0.480 e. The zero-order chi connectivity index (χ0) is 18.6. The van der Waals surface area contributed by atoms with Crippen LogP contribution in [0.5, 0.6) is 0 Å². The number of hydrogen-bond donors (Lipinski definition) is 4. The van der Waals surface area contributed by atoms with Gasteiger partial charge in [0.15, 0.2) is 17.9 Å². The Kier molecular flexibility index (Phi) is 31.7. The van der Waals surface area contributed by atoms with E-state index < -0.39 is 12.9 Å². The van der Waals surface area contributed by atoms with Gasteiger partial charge in [-0.1, -0.05) is 24.2 Å². The van der Waals surface area contributed by atoms with E-state index in [1.165, 1.54) is 19.9 Å². The molecule has 5 N–H and O–H groups in total. The molecule has 0 saturated heterocycles. The molecule has 22 heavy (non-hydrogen) atoms. The van der Waals surface area contributed by atoms with Crippen LogP contribution in [0.15, 0.2) is 24.2 Å². The number of carbonyl (C=O) groups excluding carboxylic acids is 3. The molecule has 0 spiro atoms. The molecule has 8 heteroatoms. The third-order valence-electron chi connectivity index (χ3n) is 1.66. The highest BCUT2D eigenvalue weighted by Crippen LogP contribution is 1.86. The summed E-state index contributed by atoms with van der Waals surface area (Å²) in [6.07, 6.45) is 5.55. The van der Waals surface area contributed by atoms with Crippen molar-refractivity contribution in [1.29, 1.82) is 0 Å². The number of aldehydes is 1. The van der Waals surface area contributed by atoms with Gasteiger partial charge in [-0.15, -0.1) is 0 Å². The summed E-state index contributed by atoms with van der Waals surface area (Å²) in [5, 5.41) is 18.9. The zero-order valence-electron chi connectivity index (χ0n) is 14.2. The Balaban J connectivity index is -0.000000109. The normalized spacial score (nSPS) is 10.2. The van der Waals surface area contributed by atoms with Crippen LogP contribution in [0.2, 0.25) is 0 Å². The largest absolute Gasteiger partial charge is 0.480 e. The van der Waals surface area contributed by atoms with E-state index in [0.717, 1.165) is 0 Å². The first-order valence-corrected chi connectivity index (χ1v) is 6.59. The Bertz CT molecular complexity index is 331. The van der Waals surface area contributed by atoms with Gasteiger partial charge in [0.05, 0.1) is 6.04 Å². The molecule has 0 rings (SSSR count). The van der Waals surface area contributed by atoms with Crippen molar-refractivity contribution < 1.29 is 24.4 Å². The molecule has 0 aromatic heterocycles. The Hall–Kier alpha value is -1.61. The Morgan fingerprint density at radius 3 is 1.59 bits per heavy atom. The molecule has 0 aromatic carbocycles. The third-order valence-corrected chi connectivity index (χ3v) is 1.66. The van der Waals surface area contributed by atoms with Crippen molar-refractivity contribution in [1.82, 2.24) is 5.32 Å². The number of nitrogens with one attached hydrogen (secondary N) is 1. The molecule has 0 radical (unpaired) electrons. The fourth-order valence-corrected chi connectivity index (χ4v) is 0.800. The lowest BCUT2D eigenvalue weighted by molar-refractivity contribution is -0.128. The van der Waals surface area contributed by atoms with E-state index in [1.54, 1.807) is 27.0 Å². The van der Waals surface area contributed by atoms with Crippen molar-refractivity contribution in [3.05, 3.63) is 24.2 Å². The standard InChI is InChI=1S/C7H13NO.C3H7BO2.C3H4O2.CH5N/c1-4-5-7(8-3)6(2)9;1-2-3-4(5)6;1-3(5)2-4;1-2/h4-5,7-8H,1-3H3;2-3,5-6H,1H3;2H,1H3;2H2,1H3/b5-4+;3-2+;;. The second-order valence-corrected chi connectivity index (χ2v) is 3.57. The lowest BCUT2D eigenvalue weighted by Crippen LogP contribution is -2.29. The molecule has 0 aliphatic heterocycles. The summed E-state index contributed by atoms with van der Waals surface area (Å²) in [5.41, 5.74) is 4.50. The Labute approximate surface area is 133 Å². The van der Waals surface area contributed by atoms with Crippen LogP contribution in [0.4, 0.5) is 0 Å². The second kappa shape index (κ2) is 24.4. The lowest BCUT2D eigenvalue weighted by atomic mass is 9.92. The number of carbonyl (C=O) groups is 3. The first kappa shape index (κ1) is 28.5. The van der Waals surface area contributed by atoms with Crippen molar-refractivity contribution in [3.8, 4) is 0 Å². The monoisotopic (exact) mass is 316 g/mol. The summed E-state index contributed by atoms with van der Waals surface area (Å²) in [4.78, 5) is 29.3. The SMILES string of the molecule is C/C=C/B(O)O.C/C=C/C(NC)C(C)=O.CC(=O)C=O.CN. The summed E-state index contributed by atoms with van der Waals surface area (Å²) in [6, 6.07) is -0.102. The average molecular weight is 316 g/mol. The van der Waals surface area contributed by atoms with Gasteiger partial charge in [-0.2, -0.15) is 0 Å². The molecule has 0 aliphatic carbocycles. The van der Waals surface area contributed by atoms with Crippen LogP contribution in [-0.2, 0) is 14.4 Å². The Morgan fingerprint density at radius 2 is 1.55 bits per heavy atom. The van der Waals surface area contributed by atoms with Crippen LogP contribution < -0.4 is 11.1 Å². The van der Waals surface area contributed by atoms with Gasteiger partial charge in [-0.05, 0) is 34.9 Å². The van der Waals surface area contributed by atoms with Gasteiger partial charge in [-0.3, -0.25) is 14.4 Å². The van der Waals surface area contributed by atoms with E-state index in [9.17, 15) is 9.59 Å². The van der Waals surface area contributed by atoms with Crippen LogP contribution in [0.25, 0.3) is 0 Å². The van der Waals surface area contributed by atoms with Gasteiger partial charge < -0.3 is 21.1 Å². The van der Waals surface area contributed by atoms with Gasteiger partial charge in [0.25, 0.3) is 0 Å². The van der Waals surface area contributed by atoms with Crippen molar-refractivity contribution in [2.75, 3.05) is 14.1 Å². The average Bonchev–Trinajstić information content (AvgIpc) is 2.47. The number of hydrogen-bond acceptors (Lipinski definition) is 7. The number of ketones is 2. The molecule has 0 saturated carbocycles. The van der Waals surface area contributed by atoms with Gasteiger partial charge in [-0.25, -0.2) is 0 Å². The van der Waals surface area contributed by atoms with E-state index >= 15 is 0 Å². The minimum Gasteiger partial charge on any atom is -0.424 e. The lowest BCUT2D eigenvalue weighted by Gasteiger charge is -2.04. The van der Waals surface area contributed by atoms with Gasteiger partial charge >= 0.3 is 7.12 Å². The Morgan fingerprint density at radius 1 is 1.14 bits per heavy atom. The predicted molar refractivity (Wildman–Crippen MR) is 90.2 cm³/mol. The summed E-state index contributed by atoms with van der Waals surface area (Å²) in [7, 11) is 1.99. The minimum atomic E-state index is -1.28. The molecule has 0 aromatic rings. The third kappa shape index (κ3) is 36.2. The van der Waals surface area contributed by atoms with E-state index in [-0.39, 0.29) is 18.1 Å².